The normalized spacial score (nSPS) is 31.4. The molecule has 0 unspecified atom stereocenters. The number of ether oxygens (including phenoxy) is 1. The highest BCUT2D eigenvalue weighted by atomic mass is 16.5. The van der Waals surface area contributed by atoms with E-state index < -0.39 is 0 Å². The van der Waals surface area contributed by atoms with Crippen molar-refractivity contribution in [3.05, 3.63) is 53.6 Å². The van der Waals surface area contributed by atoms with Crippen molar-refractivity contribution in [3.63, 3.8) is 0 Å². The maximum Gasteiger partial charge on any atom is 0.240 e. The zero-order chi connectivity index (χ0) is 16.7. The molecule has 0 saturated carbocycles. The summed E-state index contributed by atoms with van der Waals surface area (Å²) in [5.41, 5.74) is 5.68. The molecule has 1 aliphatic carbocycles. The number of nitrogens with zero attached hydrogens (tertiary/aromatic N) is 1. The Bertz CT molecular complexity index is 922. The van der Waals surface area contributed by atoms with Gasteiger partial charge in [0.25, 0.3) is 0 Å². The largest absolute Gasteiger partial charge is 0.373 e. The summed E-state index contributed by atoms with van der Waals surface area (Å²) in [6.07, 6.45) is 2.54. The molecule has 6 rings (SSSR count). The molecule has 4 heteroatoms. The first kappa shape index (κ1) is 13.8. The highest BCUT2D eigenvalue weighted by Gasteiger charge is 2.62. The van der Waals surface area contributed by atoms with E-state index >= 15 is 0 Å². The van der Waals surface area contributed by atoms with E-state index in [1.54, 1.807) is 0 Å². The van der Waals surface area contributed by atoms with E-state index in [-0.39, 0.29) is 35.9 Å². The van der Waals surface area contributed by atoms with Crippen LogP contribution in [0.5, 0.6) is 0 Å². The molecule has 0 N–H and O–H groups in total. The number of imide groups is 1. The molecule has 2 aromatic carbocycles. The molecule has 4 aliphatic rings. The van der Waals surface area contributed by atoms with Crippen LogP contribution in [0.15, 0.2) is 42.5 Å². The lowest BCUT2D eigenvalue weighted by Crippen LogP contribution is -2.34. The number of carbonyl (C=O) groups is 2. The Labute approximate surface area is 145 Å². The van der Waals surface area contributed by atoms with Gasteiger partial charge in [-0.25, -0.2) is 4.90 Å². The second-order valence-electron chi connectivity index (χ2n) is 7.53. The van der Waals surface area contributed by atoms with Gasteiger partial charge in [-0.1, -0.05) is 30.3 Å². The summed E-state index contributed by atoms with van der Waals surface area (Å²) in [4.78, 5) is 27.3. The van der Waals surface area contributed by atoms with Crippen molar-refractivity contribution in [1.29, 1.82) is 0 Å². The van der Waals surface area contributed by atoms with Crippen molar-refractivity contribution < 1.29 is 14.3 Å². The van der Waals surface area contributed by atoms with Gasteiger partial charge in [-0.15, -0.1) is 0 Å². The minimum absolute atomic E-state index is 0.0601. The summed E-state index contributed by atoms with van der Waals surface area (Å²) in [5, 5.41) is 0. The predicted molar refractivity (Wildman–Crippen MR) is 92.1 cm³/mol. The summed E-state index contributed by atoms with van der Waals surface area (Å²) in [5.74, 6) is -0.677. The molecule has 3 saturated heterocycles. The van der Waals surface area contributed by atoms with E-state index in [2.05, 4.69) is 24.3 Å². The maximum atomic E-state index is 12.9. The molecular formula is C21H17NO3. The summed E-state index contributed by atoms with van der Waals surface area (Å²) < 4.78 is 5.81. The number of carbonyl (C=O) groups excluding carboxylic acids is 2. The zero-order valence-corrected chi connectivity index (χ0v) is 13.6. The fourth-order valence-electron chi connectivity index (χ4n) is 5.24. The van der Waals surface area contributed by atoms with Crippen LogP contribution < -0.4 is 4.90 Å². The van der Waals surface area contributed by atoms with Gasteiger partial charge in [-0.05, 0) is 53.6 Å². The average Bonchev–Trinajstić information content (AvgIpc) is 3.36. The Balaban J connectivity index is 1.41. The molecule has 124 valence electrons. The maximum absolute atomic E-state index is 12.9. The first-order valence-electron chi connectivity index (χ1n) is 8.97. The van der Waals surface area contributed by atoms with Gasteiger partial charge in [0.15, 0.2) is 0 Å². The average molecular weight is 331 g/mol. The van der Waals surface area contributed by atoms with Gasteiger partial charge in [0.1, 0.15) is 0 Å². The fraction of sp³-hybridized carbons (Fsp3) is 0.333. The van der Waals surface area contributed by atoms with Crippen molar-refractivity contribution in [2.75, 3.05) is 4.90 Å². The SMILES string of the molecule is O=C1[C@@H]2[C@@H](C(=O)N1c1ccc3c(c1)Cc1ccccc1-3)[C@H]1CC[C@@H]2O1. The lowest BCUT2D eigenvalue weighted by Gasteiger charge is -2.18. The fourth-order valence-corrected chi connectivity index (χ4v) is 5.24. The summed E-state index contributed by atoms with van der Waals surface area (Å²) >= 11 is 0. The van der Waals surface area contributed by atoms with Gasteiger partial charge in [0.05, 0.1) is 29.7 Å². The Morgan fingerprint density at radius 3 is 2.28 bits per heavy atom. The molecule has 0 radical (unpaired) electrons. The first-order chi connectivity index (χ1) is 12.2. The molecule has 2 amide bonds. The van der Waals surface area contributed by atoms with Crippen molar-refractivity contribution in [3.8, 4) is 11.1 Å². The van der Waals surface area contributed by atoms with E-state index in [1.807, 2.05) is 18.2 Å². The third-order valence-electron chi connectivity index (χ3n) is 6.32. The van der Waals surface area contributed by atoms with Gasteiger partial charge in [0, 0.05) is 0 Å². The standard InChI is InChI=1S/C21H17NO3/c23-20-18-16-7-8-17(25-16)19(18)21(24)22(20)13-5-6-15-12(10-13)9-11-3-1-2-4-14(11)15/h1-6,10,16-19H,7-9H2/t16-,17+,18-,19-/m0/s1. The van der Waals surface area contributed by atoms with E-state index in [4.69, 9.17) is 4.74 Å². The van der Waals surface area contributed by atoms with Crippen LogP contribution in [0, 0.1) is 11.8 Å². The summed E-state index contributed by atoms with van der Waals surface area (Å²) in [6.45, 7) is 0. The van der Waals surface area contributed by atoms with E-state index in [0.29, 0.717) is 0 Å². The van der Waals surface area contributed by atoms with Crippen LogP contribution in [0.25, 0.3) is 11.1 Å². The highest BCUT2D eigenvalue weighted by Crippen LogP contribution is 2.50. The molecule has 4 nitrogen and oxygen atoms in total. The monoisotopic (exact) mass is 331 g/mol. The molecule has 25 heavy (non-hydrogen) atoms. The van der Waals surface area contributed by atoms with Gasteiger partial charge in [-0.2, -0.15) is 0 Å². The van der Waals surface area contributed by atoms with Crippen LogP contribution in [0.4, 0.5) is 5.69 Å². The molecule has 2 bridgehead atoms. The molecular weight excluding hydrogens is 314 g/mol. The zero-order valence-electron chi connectivity index (χ0n) is 13.6. The number of anilines is 1. The number of hydrogen-bond donors (Lipinski definition) is 0. The Morgan fingerprint density at radius 1 is 0.840 bits per heavy atom. The highest BCUT2D eigenvalue weighted by molar-refractivity contribution is 6.23. The number of benzene rings is 2. The number of rotatable bonds is 1. The van der Waals surface area contributed by atoms with Crippen LogP contribution in [-0.2, 0) is 20.7 Å². The summed E-state index contributed by atoms with van der Waals surface area (Å²) in [7, 11) is 0. The molecule has 2 aromatic rings. The van der Waals surface area contributed by atoms with Crippen LogP contribution in [0.3, 0.4) is 0 Å². The quantitative estimate of drug-likeness (QED) is 0.644. The third-order valence-corrected chi connectivity index (χ3v) is 6.32. The third kappa shape index (κ3) is 1.65. The van der Waals surface area contributed by atoms with E-state index in [0.717, 1.165) is 24.9 Å². The molecule has 0 aromatic heterocycles. The van der Waals surface area contributed by atoms with E-state index in [1.165, 1.54) is 27.2 Å². The second kappa shape index (κ2) is 4.58. The topological polar surface area (TPSA) is 46.6 Å². The summed E-state index contributed by atoms with van der Waals surface area (Å²) in [6, 6.07) is 14.4. The minimum atomic E-state index is -0.267. The van der Waals surface area contributed by atoms with Crippen LogP contribution in [0.2, 0.25) is 0 Å². The van der Waals surface area contributed by atoms with Crippen LogP contribution in [0.1, 0.15) is 24.0 Å². The Kier molecular flexibility index (Phi) is 2.53. The van der Waals surface area contributed by atoms with E-state index in [9.17, 15) is 9.59 Å². The van der Waals surface area contributed by atoms with Crippen LogP contribution >= 0.6 is 0 Å². The van der Waals surface area contributed by atoms with Crippen molar-refractivity contribution in [2.45, 2.75) is 31.5 Å². The smallest absolute Gasteiger partial charge is 0.240 e. The van der Waals surface area contributed by atoms with Crippen molar-refractivity contribution >= 4 is 17.5 Å². The van der Waals surface area contributed by atoms with Gasteiger partial charge in [-0.3, -0.25) is 9.59 Å². The molecule has 3 aliphatic heterocycles. The molecule has 3 fully saturated rings. The minimum Gasteiger partial charge on any atom is -0.373 e. The van der Waals surface area contributed by atoms with Gasteiger partial charge >= 0.3 is 0 Å². The van der Waals surface area contributed by atoms with Gasteiger partial charge < -0.3 is 4.74 Å². The molecule has 0 spiro atoms. The molecule has 3 heterocycles. The molecule has 4 atom stereocenters. The lowest BCUT2D eigenvalue weighted by atomic mass is 9.81. The Morgan fingerprint density at radius 2 is 1.52 bits per heavy atom. The lowest BCUT2D eigenvalue weighted by molar-refractivity contribution is -0.124. The number of amides is 2. The first-order valence-corrected chi connectivity index (χ1v) is 8.97. The Hall–Kier alpha value is -2.46. The van der Waals surface area contributed by atoms with Crippen molar-refractivity contribution in [2.24, 2.45) is 11.8 Å². The predicted octanol–water partition coefficient (Wildman–Crippen LogP) is 2.92. The number of hydrogen-bond acceptors (Lipinski definition) is 3. The number of fused-ring (bicyclic) bond motifs is 8. The van der Waals surface area contributed by atoms with Crippen LogP contribution in [-0.4, -0.2) is 24.0 Å². The second-order valence-corrected chi connectivity index (χ2v) is 7.53. The van der Waals surface area contributed by atoms with Gasteiger partial charge in [0.2, 0.25) is 11.8 Å². The van der Waals surface area contributed by atoms with Crippen molar-refractivity contribution in [1.82, 2.24) is 0 Å².